The first-order valence-electron chi connectivity index (χ1n) is 6.38. The van der Waals surface area contributed by atoms with Gasteiger partial charge in [0.05, 0.1) is 13.2 Å². The van der Waals surface area contributed by atoms with Gasteiger partial charge in [0.15, 0.2) is 0 Å². The van der Waals surface area contributed by atoms with Crippen LogP contribution in [0.4, 0.5) is 0 Å². The second-order valence-electron chi connectivity index (χ2n) is 4.40. The van der Waals surface area contributed by atoms with Crippen LogP contribution in [-0.4, -0.2) is 18.8 Å². The number of benzene rings is 2. The van der Waals surface area contributed by atoms with Crippen LogP contribution >= 0.6 is 15.9 Å². The molecule has 0 heterocycles. The normalized spacial score (nSPS) is 10.6. The van der Waals surface area contributed by atoms with Gasteiger partial charge < -0.3 is 14.6 Å². The molecular weight excluding hydrogens is 320 g/mol. The van der Waals surface area contributed by atoms with E-state index in [0.717, 1.165) is 34.6 Å². The largest absolute Gasteiger partial charge is 0.457 e. The average Bonchev–Trinajstić information content (AvgIpc) is 2.47. The summed E-state index contributed by atoms with van der Waals surface area (Å²) in [6.45, 7) is 0.727. The molecule has 0 aliphatic carbocycles. The van der Waals surface area contributed by atoms with Crippen molar-refractivity contribution in [2.45, 2.75) is 13.0 Å². The summed E-state index contributed by atoms with van der Waals surface area (Å²) in [5.74, 6) is 1.52. The molecule has 0 saturated heterocycles. The molecule has 0 aromatic heterocycles. The average molecular weight is 337 g/mol. The predicted octanol–water partition coefficient (Wildman–Crippen LogP) is 3.92. The van der Waals surface area contributed by atoms with Gasteiger partial charge in [-0.3, -0.25) is 0 Å². The van der Waals surface area contributed by atoms with Gasteiger partial charge in [-0.25, -0.2) is 0 Å². The fourth-order valence-corrected chi connectivity index (χ4v) is 2.28. The number of aliphatic hydroxyl groups is 1. The number of rotatable bonds is 6. The smallest absolute Gasteiger partial charge is 0.128 e. The molecule has 20 heavy (non-hydrogen) atoms. The highest BCUT2D eigenvalue weighted by Gasteiger charge is 2.03. The maximum Gasteiger partial charge on any atom is 0.128 e. The molecule has 0 unspecified atom stereocenters. The molecule has 106 valence electrons. The molecule has 0 saturated carbocycles. The minimum absolute atomic E-state index is 0.00899. The molecule has 3 nitrogen and oxygen atoms in total. The third kappa shape index (κ3) is 4.07. The van der Waals surface area contributed by atoms with Gasteiger partial charge in [0.25, 0.3) is 0 Å². The fraction of sp³-hybridized carbons (Fsp3) is 0.250. The van der Waals surface area contributed by atoms with Crippen LogP contribution in [0.5, 0.6) is 11.5 Å². The minimum atomic E-state index is 0.00899. The molecule has 0 atom stereocenters. The van der Waals surface area contributed by atoms with E-state index in [1.54, 1.807) is 7.11 Å². The number of hydrogen-bond acceptors (Lipinski definition) is 3. The Morgan fingerprint density at radius 3 is 2.35 bits per heavy atom. The lowest BCUT2D eigenvalue weighted by Crippen LogP contribution is -1.94. The summed E-state index contributed by atoms with van der Waals surface area (Å²) >= 11 is 3.41. The molecule has 2 rings (SSSR count). The van der Waals surface area contributed by atoms with Gasteiger partial charge in [0.1, 0.15) is 11.5 Å². The molecule has 2 aromatic carbocycles. The van der Waals surface area contributed by atoms with Crippen molar-refractivity contribution < 1.29 is 14.6 Å². The number of methoxy groups -OCH3 is 1. The monoisotopic (exact) mass is 336 g/mol. The highest BCUT2D eigenvalue weighted by molar-refractivity contribution is 9.10. The summed E-state index contributed by atoms with van der Waals surface area (Å²) in [6, 6.07) is 13.5. The minimum Gasteiger partial charge on any atom is -0.457 e. The SMILES string of the molecule is COCCc1ccc(Oc2ccc(CO)c(Br)c2)cc1. The Kier molecular flexibility index (Phi) is 5.59. The second-order valence-corrected chi connectivity index (χ2v) is 5.25. The zero-order valence-electron chi connectivity index (χ0n) is 11.3. The molecule has 0 radical (unpaired) electrons. The van der Waals surface area contributed by atoms with E-state index in [2.05, 4.69) is 15.9 Å². The Bertz CT molecular complexity index is 552. The van der Waals surface area contributed by atoms with Gasteiger partial charge in [-0.2, -0.15) is 0 Å². The second kappa shape index (κ2) is 7.43. The van der Waals surface area contributed by atoms with Crippen LogP contribution in [-0.2, 0) is 17.8 Å². The molecule has 0 aliphatic heterocycles. The van der Waals surface area contributed by atoms with Crippen LogP contribution in [0.3, 0.4) is 0 Å². The third-order valence-electron chi connectivity index (χ3n) is 2.95. The molecule has 0 amide bonds. The Morgan fingerprint density at radius 2 is 1.75 bits per heavy atom. The zero-order valence-corrected chi connectivity index (χ0v) is 12.9. The van der Waals surface area contributed by atoms with Crippen molar-refractivity contribution in [1.29, 1.82) is 0 Å². The number of ether oxygens (including phenoxy) is 2. The Labute approximate surface area is 127 Å². The topological polar surface area (TPSA) is 38.7 Å². The Hall–Kier alpha value is -1.36. The molecule has 0 aliphatic rings. The van der Waals surface area contributed by atoms with E-state index >= 15 is 0 Å². The molecule has 4 heteroatoms. The number of halogens is 1. The van der Waals surface area contributed by atoms with Crippen molar-refractivity contribution in [2.75, 3.05) is 13.7 Å². The van der Waals surface area contributed by atoms with Crippen molar-refractivity contribution >= 4 is 15.9 Å². The lowest BCUT2D eigenvalue weighted by Gasteiger charge is -2.08. The van der Waals surface area contributed by atoms with Gasteiger partial charge >= 0.3 is 0 Å². The third-order valence-corrected chi connectivity index (χ3v) is 3.69. The van der Waals surface area contributed by atoms with Crippen molar-refractivity contribution in [3.8, 4) is 11.5 Å². The van der Waals surface area contributed by atoms with Crippen LogP contribution in [0.2, 0.25) is 0 Å². The van der Waals surface area contributed by atoms with Crippen LogP contribution in [0, 0.1) is 0 Å². The van der Waals surface area contributed by atoms with Crippen LogP contribution in [0.1, 0.15) is 11.1 Å². The van der Waals surface area contributed by atoms with Crippen molar-refractivity contribution in [3.05, 3.63) is 58.1 Å². The summed E-state index contributed by atoms with van der Waals surface area (Å²) in [5, 5.41) is 9.12. The summed E-state index contributed by atoms with van der Waals surface area (Å²) in [7, 11) is 1.70. The summed E-state index contributed by atoms with van der Waals surface area (Å²) in [5.41, 5.74) is 2.06. The highest BCUT2D eigenvalue weighted by atomic mass is 79.9. The Balaban J connectivity index is 2.04. The molecule has 2 aromatic rings. The molecule has 1 N–H and O–H groups in total. The van der Waals surface area contributed by atoms with Crippen molar-refractivity contribution in [2.24, 2.45) is 0 Å². The maximum atomic E-state index is 9.12. The van der Waals surface area contributed by atoms with E-state index in [4.69, 9.17) is 14.6 Å². The Morgan fingerprint density at radius 1 is 1.05 bits per heavy atom. The number of hydrogen-bond donors (Lipinski definition) is 1. The molecule has 0 spiro atoms. The maximum absolute atomic E-state index is 9.12. The van der Waals surface area contributed by atoms with Crippen molar-refractivity contribution in [1.82, 2.24) is 0 Å². The lowest BCUT2D eigenvalue weighted by molar-refractivity contribution is 0.202. The first kappa shape index (κ1) is 15.0. The first-order valence-corrected chi connectivity index (χ1v) is 7.17. The van der Waals surface area contributed by atoms with E-state index in [1.165, 1.54) is 5.56 Å². The summed E-state index contributed by atoms with van der Waals surface area (Å²) in [6.07, 6.45) is 0.896. The quantitative estimate of drug-likeness (QED) is 0.868. The van der Waals surface area contributed by atoms with Crippen LogP contribution < -0.4 is 4.74 Å². The van der Waals surface area contributed by atoms with E-state index in [9.17, 15) is 0 Å². The standard InChI is InChI=1S/C16H17BrO3/c1-19-9-8-12-2-5-14(6-3-12)20-15-7-4-13(11-18)16(17)10-15/h2-7,10,18H,8-9,11H2,1H3. The summed E-state index contributed by atoms with van der Waals surface area (Å²) in [4.78, 5) is 0. The van der Waals surface area contributed by atoms with Gasteiger partial charge in [0.2, 0.25) is 0 Å². The predicted molar refractivity (Wildman–Crippen MR) is 82.2 cm³/mol. The molecule has 0 bridgehead atoms. The highest BCUT2D eigenvalue weighted by Crippen LogP contribution is 2.27. The van der Waals surface area contributed by atoms with Gasteiger partial charge in [-0.05, 0) is 41.8 Å². The van der Waals surface area contributed by atoms with E-state index < -0.39 is 0 Å². The van der Waals surface area contributed by atoms with E-state index in [0.29, 0.717) is 0 Å². The van der Waals surface area contributed by atoms with Crippen LogP contribution in [0.25, 0.3) is 0 Å². The first-order chi connectivity index (χ1) is 9.72. The summed E-state index contributed by atoms with van der Waals surface area (Å²) < 4.78 is 11.7. The zero-order chi connectivity index (χ0) is 14.4. The number of aliphatic hydroxyl groups excluding tert-OH is 1. The van der Waals surface area contributed by atoms with E-state index in [1.807, 2.05) is 42.5 Å². The molecular formula is C16H17BrO3. The van der Waals surface area contributed by atoms with E-state index in [-0.39, 0.29) is 6.61 Å². The van der Waals surface area contributed by atoms with Gasteiger partial charge in [-0.1, -0.05) is 34.1 Å². The van der Waals surface area contributed by atoms with Gasteiger partial charge in [-0.15, -0.1) is 0 Å². The fourth-order valence-electron chi connectivity index (χ4n) is 1.80. The van der Waals surface area contributed by atoms with Crippen molar-refractivity contribution in [3.63, 3.8) is 0 Å². The molecule has 0 fully saturated rings. The van der Waals surface area contributed by atoms with Crippen LogP contribution in [0.15, 0.2) is 46.9 Å². The van der Waals surface area contributed by atoms with Gasteiger partial charge in [0, 0.05) is 11.6 Å². The lowest BCUT2D eigenvalue weighted by atomic mass is 10.1.